The van der Waals surface area contributed by atoms with Crippen LogP contribution < -0.4 is 5.32 Å². The predicted molar refractivity (Wildman–Crippen MR) is 78.3 cm³/mol. The molecule has 4 nitrogen and oxygen atoms in total. The van der Waals surface area contributed by atoms with E-state index < -0.39 is 0 Å². The van der Waals surface area contributed by atoms with Crippen LogP contribution in [0, 0.1) is 12.7 Å². The van der Waals surface area contributed by atoms with E-state index in [0.29, 0.717) is 17.3 Å². The van der Waals surface area contributed by atoms with E-state index in [-0.39, 0.29) is 11.4 Å². The first-order valence-electron chi connectivity index (χ1n) is 7.50. The zero-order valence-corrected chi connectivity index (χ0v) is 12.4. The highest BCUT2D eigenvalue weighted by Gasteiger charge is 2.39. The summed E-state index contributed by atoms with van der Waals surface area (Å²) in [6.07, 6.45) is 4.13. The van der Waals surface area contributed by atoms with E-state index in [9.17, 15) is 4.39 Å². The molecule has 1 aliphatic rings. The lowest BCUT2D eigenvalue weighted by Gasteiger charge is -2.24. The van der Waals surface area contributed by atoms with E-state index in [1.54, 1.807) is 6.07 Å². The van der Waals surface area contributed by atoms with E-state index >= 15 is 0 Å². The average Bonchev–Trinajstić information content (AvgIpc) is 3.11. The zero-order chi connectivity index (χ0) is 14.9. The van der Waals surface area contributed by atoms with Crippen LogP contribution >= 0.6 is 0 Å². The lowest BCUT2D eigenvalue weighted by Crippen LogP contribution is -2.36. The number of nitrogens with one attached hydrogen (secondary N) is 1. The number of halogens is 1. The van der Waals surface area contributed by atoms with Crippen molar-refractivity contribution in [2.45, 2.75) is 45.1 Å². The maximum absolute atomic E-state index is 13.4. The maximum Gasteiger partial charge on any atom is 0.247 e. The Morgan fingerprint density at radius 1 is 1.43 bits per heavy atom. The second-order valence-electron chi connectivity index (χ2n) is 5.74. The van der Waals surface area contributed by atoms with Crippen molar-refractivity contribution in [2.24, 2.45) is 0 Å². The Balaban J connectivity index is 1.97. The summed E-state index contributed by atoms with van der Waals surface area (Å²) in [5.41, 5.74) is 1.42. The van der Waals surface area contributed by atoms with Crippen LogP contribution in [0.1, 0.15) is 44.1 Å². The van der Waals surface area contributed by atoms with Gasteiger partial charge in [-0.25, -0.2) is 4.39 Å². The molecule has 1 unspecified atom stereocenters. The fraction of sp³-hybridized carbons (Fsp3) is 0.500. The van der Waals surface area contributed by atoms with Gasteiger partial charge in [-0.3, -0.25) is 0 Å². The van der Waals surface area contributed by atoms with Crippen molar-refractivity contribution in [3.63, 3.8) is 0 Å². The molecule has 1 fully saturated rings. The normalized spacial score (nSPS) is 21.9. The van der Waals surface area contributed by atoms with Crippen molar-refractivity contribution in [1.82, 2.24) is 15.5 Å². The van der Waals surface area contributed by atoms with Crippen molar-refractivity contribution < 1.29 is 8.91 Å². The fourth-order valence-electron chi connectivity index (χ4n) is 3.10. The molecule has 5 heteroatoms. The van der Waals surface area contributed by atoms with Crippen molar-refractivity contribution in [2.75, 3.05) is 6.54 Å². The molecular formula is C16H20FN3O. The van der Waals surface area contributed by atoms with E-state index in [1.165, 1.54) is 12.1 Å². The van der Waals surface area contributed by atoms with Crippen LogP contribution in [0.25, 0.3) is 11.4 Å². The van der Waals surface area contributed by atoms with Crippen molar-refractivity contribution in [1.29, 1.82) is 0 Å². The van der Waals surface area contributed by atoms with Gasteiger partial charge in [-0.05, 0) is 50.4 Å². The molecule has 0 saturated carbocycles. The van der Waals surface area contributed by atoms with E-state index in [4.69, 9.17) is 4.52 Å². The molecule has 1 aromatic heterocycles. The van der Waals surface area contributed by atoms with Gasteiger partial charge >= 0.3 is 0 Å². The molecule has 0 spiro atoms. The molecule has 112 valence electrons. The summed E-state index contributed by atoms with van der Waals surface area (Å²) >= 11 is 0. The van der Waals surface area contributed by atoms with Gasteiger partial charge in [0.2, 0.25) is 11.7 Å². The summed E-state index contributed by atoms with van der Waals surface area (Å²) in [5.74, 6) is 0.802. The van der Waals surface area contributed by atoms with Gasteiger partial charge in [-0.1, -0.05) is 24.6 Å². The van der Waals surface area contributed by atoms with Crippen molar-refractivity contribution >= 4 is 0 Å². The molecule has 0 radical (unpaired) electrons. The average molecular weight is 289 g/mol. The maximum atomic E-state index is 13.4. The van der Waals surface area contributed by atoms with Gasteiger partial charge in [0.25, 0.3) is 0 Å². The quantitative estimate of drug-likeness (QED) is 0.935. The first-order valence-corrected chi connectivity index (χ1v) is 7.50. The Labute approximate surface area is 123 Å². The van der Waals surface area contributed by atoms with E-state index in [2.05, 4.69) is 22.4 Å². The number of hydrogen-bond acceptors (Lipinski definition) is 4. The molecule has 1 atom stereocenters. The van der Waals surface area contributed by atoms with E-state index in [0.717, 1.165) is 37.8 Å². The summed E-state index contributed by atoms with van der Waals surface area (Å²) in [7, 11) is 0. The predicted octanol–water partition coefficient (Wildman–Crippen LogP) is 3.56. The molecule has 0 aliphatic carbocycles. The number of aryl methyl sites for hydroxylation is 1. The fourth-order valence-corrected chi connectivity index (χ4v) is 3.10. The molecule has 0 bridgehead atoms. The molecule has 0 amide bonds. The lowest BCUT2D eigenvalue weighted by molar-refractivity contribution is 0.241. The molecule has 2 heterocycles. The minimum Gasteiger partial charge on any atom is -0.337 e. The second kappa shape index (κ2) is 5.56. The first-order chi connectivity index (χ1) is 10.1. The number of benzene rings is 1. The SMILES string of the molecule is CCCC1(c2nc(-c3cc(F)ccc3C)no2)CCCN1. The summed E-state index contributed by atoms with van der Waals surface area (Å²) in [5, 5.41) is 7.58. The largest absolute Gasteiger partial charge is 0.337 e. The molecule has 1 aliphatic heterocycles. The Kier molecular flexibility index (Phi) is 3.76. The summed E-state index contributed by atoms with van der Waals surface area (Å²) in [6.45, 7) is 5.03. The van der Waals surface area contributed by atoms with Gasteiger partial charge in [0, 0.05) is 5.56 Å². The Morgan fingerprint density at radius 2 is 2.29 bits per heavy atom. The summed E-state index contributed by atoms with van der Waals surface area (Å²) < 4.78 is 18.9. The van der Waals surface area contributed by atoms with E-state index in [1.807, 2.05) is 6.92 Å². The van der Waals surface area contributed by atoms with Crippen LogP contribution in [0.5, 0.6) is 0 Å². The molecule has 1 aromatic carbocycles. The lowest BCUT2D eigenvalue weighted by atomic mass is 9.92. The zero-order valence-electron chi connectivity index (χ0n) is 12.4. The smallest absolute Gasteiger partial charge is 0.247 e. The first kappa shape index (κ1) is 14.2. The van der Waals surface area contributed by atoms with Gasteiger partial charge in [0.05, 0.1) is 5.54 Å². The molecule has 3 rings (SSSR count). The molecule has 1 N–H and O–H groups in total. The third-order valence-corrected chi connectivity index (χ3v) is 4.20. The third kappa shape index (κ3) is 2.58. The van der Waals surface area contributed by atoms with Gasteiger partial charge < -0.3 is 9.84 Å². The Hall–Kier alpha value is -1.75. The number of nitrogens with zero attached hydrogens (tertiary/aromatic N) is 2. The van der Waals surface area contributed by atoms with Gasteiger partial charge in [-0.15, -0.1) is 0 Å². The molecule has 21 heavy (non-hydrogen) atoms. The second-order valence-corrected chi connectivity index (χ2v) is 5.74. The third-order valence-electron chi connectivity index (χ3n) is 4.20. The van der Waals surface area contributed by atoms with Crippen LogP contribution in [0.2, 0.25) is 0 Å². The highest BCUT2D eigenvalue weighted by Crippen LogP contribution is 2.35. The van der Waals surface area contributed by atoms with Crippen LogP contribution in [-0.2, 0) is 5.54 Å². The number of aromatic nitrogens is 2. The topological polar surface area (TPSA) is 51.0 Å². The number of hydrogen-bond donors (Lipinski definition) is 1. The molecular weight excluding hydrogens is 269 g/mol. The minimum absolute atomic E-state index is 0.207. The van der Waals surface area contributed by atoms with Crippen LogP contribution in [-0.4, -0.2) is 16.7 Å². The molecule has 2 aromatic rings. The summed E-state index contributed by atoms with van der Waals surface area (Å²) in [6, 6.07) is 4.63. The molecule has 1 saturated heterocycles. The van der Waals surface area contributed by atoms with Crippen LogP contribution in [0.15, 0.2) is 22.7 Å². The monoisotopic (exact) mass is 289 g/mol. The standard InChI is InChI=1S/C16H20FN3O/c1-3-7-16(8-4-9-18-16)15-19-14(20-21-15)13-10-12(17)6-5-11(13)2/h5-6,10,18H,3-4,7-9H2,1-2H3. The van der Waals surface area contributed by atoms with Crippen molar-refractivity contribution in [3.05, 3.63) is 35.5 Å². The Bertz CT molecular complexity index is 632. The van der Waals surface area contributed by atoms with Gasteiger partial charge in [0.15, 0.2) is 0 Å². The van der Waals surface area contributed by atoms with Crippen LogP contribution in [0.3, 0.4) is 0 Å². The van der Waals surface area contributed by atoms with Crippen LogP contribution in [0.4, 0.5) is 4.39 Å². The van der Waals surface area contributed by atoms with Gasteiger partial charge in [0.1, 0.15) is 5.82 Å². The van der Waals surface area contributed by atoms with Crippen molar-refractivity contribution in [3.8, 4) is 11.4 Å². The summed E-state index contributed by atoms with van der Waals surface area (Å²) in [4.78, 5) is 4.55. The minimum atomic E-state index is -0.288. The Morgan fingerprint density at radius 3 is 3.00 bits per heavy atom. The highest BCUT2D eigenvalue weighted by atomic mass is 19.1. The highest BCUT2D eigenvalue weighted by molar-refractivity contribution is 5.59. The number of rotatable bonds is 4. The van der Waals surface area contributed by atoms with Gasteiger partial charge in [-0.2, -0.15) is 4.98 Å².